The molecular formula is C11H18BrNS. The average Bonchev–Trinajstić information content (AvgIpc) is 2.49. The minimum Gasteiger partial charge on any atom is -0.323 e. The Morgan fingerprint density at radius 2 is 2.00 bits per heavy atom. The van der Waals surface area contributed by atoms with E-state index in [9.17, 15) is 0 Å². The molecule has 1 unspecified atom stereocenters. The Hall–Kier alpha value is 0.140. The van der Waals surface area contributed by atoms with Crippen LogP contribution in [0.15, 0.2) is 9.85 Å². The molecule has 0 aromatic carbocycles. The second-order valence-electron chi connectivity index (χ2n) is 3.71. The fourth-order valence-electron chi connectivity index (χ4n) is 1.68. The topological polar surface area (TPSA) is 26.0 Å². The first kappa shape index (κ1) is 12.2. The molecule has 3 heteroatoms. The van der Waals surface area contributed by atoms with Gasteiger partial charge in [-0.2, -0.15) is 0 Å². The maximum absolute atomic E-state index is 6.23. The van der Waals surface area contributed by atoms with E-state index in [1.54, 1.807) is 11.3 Å². The molecule has 0 aliphatic carbocycles. The maximum atomic E-state index is 6.23. The molecule has 0 aliphatic rings. The SMILES string of the molecule is CCC(CC)C(N)c1cc(C)c(Br)s1. The van der Waals surface area contributed by atoms with Crippen molar-refractivity contribution in [2.75, 3.05) is 0 Å². The molecule has 1 heterocycles. The second-order valence-corrected chi connectivity index (χ2v) is 6.11. The van der Waals surface area contributed by atoms with Crippen molar-refractivity contribution in [3.63, 3.8) is 0 Å². The summed E-state index contributed by atoms with van der Waals surface area (Å²) in [5.74, 6) is 0.611. The van der Waals surface area contributed by atoms with Gasteiger partial charge in [0.15, 0.2) is 0 Å². The second kappa shape index (κ2) is 5.29. The van der Waals surface area contributed by atoms with Crippen LogP contribution < -0.4 is 5.73 Å². The molecule has 0 fully saturated rings. The van der Waals surface area contributed by atoms with Crippen LogP contribution in [0.2, 0.25) is 0 Å². The zero-order valence-electron chi connectivity index (χ0n) is 9.01. The van der Waals surface area contributed by atoms with Crippen molar-refractivity contribution >= 4 is 27.3 Å². The number of hydrogen-bond acceptors (Lipinski definition) is 2. The molecule has 0 spiro atoms. The zero-order chi connectivity index (χ0) is 10.7. The van der Waals surface area contributed by atoms with Crippen molar-refractivity contribution in [3.8, 4) is 0 Å². The van der Waals surface area contributed by atoms with Gasteiger partial charge < -0.3 is 5.73 Å². The van der Waals surface area contributed by atoms with Crippen molar-refractivity contribution in [1.82, 2.24) is 0 Å². The predicted molar refractivity (Wildman–Crippen MR) is 67.8 cm³/mol. The fraction of sp³-hybridized carbons (Fsp3) is 0.636. The Bertz CT molecular complexity index is 272. The smallest absolute Gasteiger partial charge is 0.0731 e. The van der Waals surface area contributed by atoms with E-state index < -0.39 is 0 Å². The summed E-state index contributed by atoms with van der Waals surface area (Å²) in [6.07, 6.45) is 2.32. The molecule has 0 aliphatic heterocycles. The quantitative estimate of drug-likeness (QED) is 0.873. The Morgan fingerprint density at radius 1 is 1.43 bits per heavy atom. The minimum absolute atomic E-state index is 0.208. The van der Waals surface area contributed by atoms with E-state index in [1.807, 2.05) is 0 Å². The van der Waals surface area contributed by atoms with Crippen molar-refractivity contribution in [3.05, 3.63) is 20.3 Å². The lowest BCUT2D eigenvalue weighted by atomic mass is 9.94. The summed E-state index contributed by atoms with van der Waals surface area (Å²) >= 11 is 5.31. The molecule has 0 radical (unpaired) electrons. The number of halogens is 1. The number of aryl methyl sites for hydroxylation is 1. The number of nitrogens with two attached hydrogens (primary N) is 1. The van der Waals surface area contributed by atoms with E-state index >= 15 is 0 Å². The Balaban J connectivity index is 2.82. The third kappa shape index (κ3) is 2.59. The molecule has 80 valence electrons. The van der Waals surface area contributed by atoms with Gasteiger partial charge in [-0.1, -0.05) is 26.7 Å². The molecule has 1 rings (SSSR count). The van der Waals surface area contributed by atoms with Crippen LogP contribution >= 0.6 is 27.3 Å². The number of hydrogen-bond donors (Lipinski definition) is 1. The standard InChI is InChI=1S/C11H18BrNS/c1-4-8(5-2)10(13)9-6-7(3)11(12)14-9/h6,8,10H,4-5,13H2,1-3H3. The predicted octanol–water partition coefficient (Wildman–Crippen LogP) is 4.26. The highest BCUT2D eigenvalue weighted by molar-refractivity contribution is 9.11. The summed E-state index contributed by atoms with van der Waals surface area (Å²) in [4.78, 5) is 1.31. The molecule has 0 saturated heterocycles. The lowest BCUT2D eigenvalue weighted by Crippen LogP contribution is -2.19. The summed E-state index contributed by atoms with van der Waals surface area (Å²) in [6, 6.07) is 2.41. The highest BCUT2D eigenvalue weighted by Gasteiger charge is 2.18. The summed E-state index contributed by atoms with van der Waals surface area (Å²) in [5.41, 5.74) is 7.53. The van der Waals surface area contributed by atoms with Crippen LogP contribution in [-0.2, 0) is 0 Å². The van der Waals surface area contributed by atoms with Crippen LogP contribution in [0.1, 0.15) is 43.2 Å². The summed E-state index contributed by atoms with van der Waals surface area (Å²) in [6.45, 7) is 6.54. The van der Waals surface area contributed by atoms with E-state index in [4.69, 9.17) is 5.73 Å². The molecule has 1 atom stereocenters. The van der Waals surface area contributed by atoms with Crippen LogP contribution in [0.3, 0.4) is 0 Å². The molecule has 1 aromatic heterocycles. The zero-order valence-corrected chi connectivity index (χ0v) is 11.4. The Kier molecular flexibility index (Phi) is 4.61. The normalized spacial score (nSPS) is 13.6. The minimum atomic E-state index is 0.208. The first-order chi connectivity index (χ1) is 6.60. The monoisotopic (exact) mass is 275 g/mol. The highest BCUT2D eigenvalue weighted by Crippen LogP contribution is 2.34. The fourth-order valence-corrected chi connectivity index (χ4v) is 3.34. The van der Waals surface area contributed by atoms with E-state index in [-0.39, 0.29) is 6.04 Å². The van der Waals surface area contributed by atoms with Crippen molar-refractivity contribution in [2.45, 2.75) is 39.7 Å². The van der Waals surface area contributed by atoms with Gasteiger partial charge in [-0.05, 0) is 40.4 Å². The molecule has 0 bridgehead atoms. The van der Waals surface area contributed by atoms with Gasteiger partial charge in [-0.3, -0.25) is 0 Å². The summed E-state index contributed by atoms with van der Waals surface area (Å²) < 4.78 is 1.22. The maximum Gasteiger partial charge on any atom is 0.0731 e. The third-order valence-electron chi connectivity index (χ3n) is 2.76. The third-order valence-corrected chi connectivity index (χ3v) is 5.00. The van der Waals surface area contributed by atoms with Crippen molar-refractivity contribution < 1.29 is 0 Å². The molecule has 0 saturated carbocycles. The van der Waals surface area contributed by atoms with Crippen LogP contribution in [0.5, 0.6) is 0 Å². The van der Waals surface area contributed by atoms with E-state index in [1.165, 1.54) is 14.2 Å². The number of rotatable bonds is 4. The van der Waals surface area contributed by atoms with Gasteiger partial charge in [0.05, 0.1) is 3.79 Å². The lowest BCUT2D eigenvalue weighted by Gasteiger charge is -2.19. The molecular weight excluding hydrogens is 258 g/mol. The molecule has 1 nitrogen and oxygen atoms in total. The van der Waals surface area contributed by atoms with Gasteiger partial charge in [0.25, 0.3) is 0 Å². The highest BCUT2D eigenvalue weighted by atomic mass is 79.9. The van der Waals surface area contributed by atoms with E-state index in [2.05, 4.69) is 42.8 Å². The lowest BCUT2D eigenvalue weighted by molar-refractivity contribution is 0.410. The van der Waals surface area contributed by atoms with Crippen LogP contribution in [0, 0.1) is 12.8 Å². The van der Waals surface area contributed by atoms with Crippen LogP contribution in [0.4, 0.5) is 0 Å². The Morgan fingerprint density at radius 3 is 2.36 bits per heavy atom. The van der Waals surface area contributed by atoms with Gasteiger partial charge in [-0.25, -0.2) is 0 Å². The first-order valence-corrected chi connectivity index (χ1v) is 6.72. The van der Waals surface area contributed by atoms with Crippen molar-refractivity contribution in [2.24, 2.45) is 11.7 Å². The summed E-state index contributed by atoms with van der Waals surface area (Å²) in [5, 5.41) is 0. The largest absolute Gasteiger partial charge is 0.323 e. The average molecular weight is 276 g/mol. The van der Waals surface area contributed by atoms with Gasteiger partial charge >= 0.3 is 0 Å². The van der Waals surface area contributed by atoms with Crippen molar-refractivity contribution in [1.29, 1.82) is 0 Å². The van der Waals surface area contributed by atoms with Gasteiger partial charge in [0.1, 0.15) is 0 Å². The Labute approximate surface area is 98.8 Å². The van der Waals surface area contributed by atoms with Gasteiger partial charge in [0.2, 0.25) is 0 Å². The molecule has 14 heavy (non-hydrogen) atoms. The summed E-state index contributed by atoms with van der Waals surface area (Å²) in [7, 11) is 0. The van der Waals surface area contributed by atoms with Crippen LogP contribution in [0.25, 0.3) is 0 Å². The van der Waals surface area contributed by atoms with E-state index in [0.29, 0.717) is 5.92 Å². The molecule has 1 aromatic rings. The van der Waals surface area contributed by atoms with Gasteiger partial charge in [0, 0.05) is 10.9 Å². The van der Waals surface area contributed by atoms with E-state index in [0.717, 1.165) is 12.8 Å². The molecule has 2 N–H and O–H groups in total. The van der Waals surface area contributed by atoms with Crippen LogP contribution in [-0.4, -0.2) is 0 Å². The molecule has 0 amide bonds. The first-order valence-electron chi connectivity index (χ1n) is 5.11. The number of thiophene rings is 1. The van der Waals surface area contributed by atoms with Gasteiger partial charge in [-0.15, -0.1) is 11.3 Å².